The van der Waals surface area contributed by atoms with Crippen molar-refractivity contribution < 1.29 is 19.1 Å². The van der Waals surface area contributed by atoms with Crippen LogP contribution in [0.4, 0.5) is 0 Å². The number of nitrogens with one attached hydrogen (secondary N) is 1. The third-order valence-corrected chi connectivity index (χ3v) is 4.29. The quantitative estimate of drug-likeness (QED) is 0.811. The highest BCUT2D eigenvalue weighted by Crippen LogP contribution is 2.27. The van der Waals surface area contributed by atoms with E-state index in [0.29, 0.717) is 11.5 Å². The maximum atomic E-state index is 12.7. The Bertz CT molecular complexity index is 705. The van der Waals surface area contributed by atoms with Crippen LogP contribution in [0.5, 0.6) is 0 Å². The topological polar surface area (TPSA) is 79.5 Å². The molecule has 128 valence electrons. The molecule has 0 fully saturated rings. The molecule has 0 aliphatic rings. The number of carboxylic acids is 1. The van der Waals surface area contributed by atoms with Crippen LogP contribution in [0.2, 0.25) is 0 Å². The van der Waals surface area contributed by atoms with Gasteiger partial charge in [-0.3, -0.25) is 4.79 Å². The number of furan rings is 1. The fraction of sp³-hybridized carbons (Fsp3) is 0.368. The van der Waals surface area contributed by atoms with E-state index in [0.717, 1.165) is 12.0 Å². The highest BCUT2D eigenvalue weighted by atomic mass is 16.4. The largest absolute Gasteiger partial charge is 0.478 e. The highest BCUT2D eigenvalue weighted by Gasteiger charge is 2.26. The van der Waals surface area contributed by atoms with E-state index in [4.69, 9.17) is 9.52 Å². The molecule has 1 amide bonds. The Kier molecular flexibility index (Phi) is 5.79. The predicted octanol–water partition coefficient (Wildman–Crippen LogP) is 3.73. The number of aryl methyl sites for hydroxylation is 1. The molecule has 0 spiro atoms. The zero-order valence-electron chi connectivity index (χ0n) is 14.2. The number of carbonyl (C=O) groups excluding carboxylic acids is 1. The first-order chi connectivity index (χ1) is 11.4. The summed E-state index contributed by atoms with van der Waals surface area (Å²) in [5.41, 5.74) is 1.10. The van der Waals surface area contributed by atoms with Crippen LogP contribution in [0, 0.1) is 12.8 Å². The smallest absolute Gasteiger partial charge is 0.339 e. The van der Waals surface area contributed by atoms with Crippen LogP contribution in [0.15, 0.2) is 40.8 Å². The standard InChI is InChI=1S/C19H23NO4/c1-4-12(2)17(14-8-6-5-7-9-14)18(21)20-11-15-10-16(19(22)23)13(3)24-15/h5-10,12,17H,4,11H2,1-3H3,(H,20,21)(H,22,23)/t12-,17-/m0/s1. The number of hydrogen-bond acceptors (Lipinski definition) is 3. The zero-order chi connectivity index (χ0) is 17.7. The third-order valence-electron chi connectivity index (χ3n) is 4.29. The number of hydrogen-bond donors (Lipinski definition) is 2. The fourth-order valence-corrected chi connectivity index (χ4v) is 2.76. The normalized spacial score (nSPS) is 13.3. The summed E-state index contributed by atoms with van der Waals surface area (Å²) in [6.07, 6.45) is 0.885. The zero-order valence-corrected chi connectivity index (χ0v) is 14.2. The van der Waals surface area contributed by atoms with E-state index >= 15 is 0 Å². The summed E-state index contributed by atoms with van der Waals surface area (Å²) < 4.78 is 5.40. The van der Waals surface area contributed by atoms with Gasteiger partial charge in [-0.05, 0) is 24.5 Å². The first-order valence-electron chi connectivity index (χ1n) is 8.09. The number of carboxylic acid groups (broad SMARTS) is 1. The van der Waals surface area contributed by atoms with Crippen molar-refractivity contribution in [3.8, 4) is 0 Å². The minimum Gasteiger partial charge on any atom is -0.478 e. The summed E-state index contributed by atoms with van der Waals surface area (Å²) in [6.45, 7) is 5.88. The minimum absolute atomic E-state index is 0.0820. The van der Waals surface area contributed by atoms with E-state index in [-0.39, 0.29) is 29.9 Å². The lowest BCUT2D eigenvalue weighted by atomic mass is 9.85. The summed E-state index contributed by atoms with van der Waals surface area (Å²) in [6, 6.07) is 11.1. The monoisotopic (exact) mass is 329 g/mol. The highest BCUT2D eigenvalue weighted by molar-refractivity contribution is 5.89. The minimum atomic E-state index is -1.03. The van der Waals surface area contributed by atoms with Crippen LogP contribution in [0.3, 0.4) is 0 Å². The van der Waals surface area contributed by atoms with Gasteiger partial charge in [-0.25, -0.2) is 4.79 Å². The van der Waals surface area contributed by atoms with E-state index < -0.39 is 5.97 Å². The number of rotatable bonds is 7. The molecule has 2 atom stereocenters. The van der Waals surface area contributed by atoms with Crippen LogP contribution < -0.4 is 5.32 Å². The van der Waals surface area contributed by atoms with E-state index in [1.165, 1.54) is 6.07 Å². The van der Waals surface area contributed by atoms with Crippen molar-refractivity contribution in [2.24, 2.45) is 5.92 Å². The Morgan fingerprint density at radius 3 is 2.46 bits per heavy atom. The molecule has 5 nitrogen and oxygen atoms in total. The lowest BCUT2D eigenvalue weighted by Gasteiger charge is -2.22. The van der Waals surface area contributed by atoms with Gasteiger partial charge in [-0.1, -0.05) is 50.6 Å². The predicted molar refractivity (Wildman–Crippen MR) is 90.9 cm³/mol. The Balaban J connectivity index is 2.11. The van der Waals surface area contributed by atoms with Crippen molar-refractivity contribution in [3.05, 3.63) is 59.0 Å². The Morgan fingerprint density at radius 2 is 1.92 bits per heavy atom. The van der Waals surface area contributed by atoms with Crippen molar-refractivity contribution >= 4 is 11.9 Å². The maximum Gasteiger partial charge on any atom is 0.339 e. The SMILES string of the molecule is CC[C@H](C)[C@H](C(=O)NCc1cc(C(=O)O)c(C)o1)c1ccccc1. The molecule has 0 unspecified atom stereocenters. The summed E-state index contributed by atoms with van der Waals surface area (Å²) in [5, 5.41) is 11.9. The molecule has 0 aliphatic heterocycles. The van der Waals surface area contributed by atoms with E-state index in [9.17, 15) is 9.59 Å². The molecule has 0 bridgehead atoms. The number of benzene rings is 1. The average Bonchev–Trinajstić information content (AvgIpc) is 2.95. The second kappa shape index (κ2) is 7.81. The van der Waals surface area contributed by atoms with Gasteiger partial charge >= 0.3 is 5.97 Å². The third kappa shape index (κ3) is 4.04. The molecule has 1 aromatic carbocycles. The average molecular weight is 329 g/mol. The van der Waals surface area contributed by atoms with Crippen LogP contribution in [-0.2, 0) is 11.3 Å². The molecule has 2 N–H and O–H groups in total. The first kappa shape index (κ1) is 17.8. The Labute approximate surface area is 141 Å². The van der Waals surface area contributed by atoms with E-state index in [1.807, 2.05) is 30.3 Å². The molecule has 0 saturated carbocycles. The summed E-state index contributed by atoms with van der Waals surface area (Å²) in [5.74, 6) is -0.383. The number of amides is 1. The van der Waals surface area contributed by atoms with Gasteiger partial charge in [-0.15, -0.1) is 0 Å². The second-order valence-electron chi connectivity index (χ2n) is 5.98. The maximum absolute atomic E-state index is 12.7. The van der Waals surface area contributed by atoms with Gasteiger partial charge in [0.15, 0.2) is 0 Å². The van der Waals surface area contributed by atoms with Crippen LogP contribution >= 0.6 is 0 Å². The van der Waals surface area contributed by atoms with Crippen molar-refractivity contribution in [1.82, 2.24) is 5.32 Å². The first-order valence-corrected chi connectivity index (χ1v) is 8.09. The van der Waals surface area contributed by atoms with Gasteiger partial charge in [0.1, 0.15) is 17.1 Å². The van der Waals surface area contributed by atoms with Crippen molar-refractivity contribution in [3.63, 3.8) is 0 Å². The van der Waals surface area contributed by atoms with Gasteiger partial charge in [0.25, 0.3) is 0 Å². The fourth-order valence-electron chi connectivity index (χ4n) is 2.76. The van der Waals surface area contributed by atoms with Gasteiger partial charge < -0.3 is 14.8 Å². The number of aromatic carboxylic acids is 1. The molecular weight excluding hydrogens is 306 g/mol. The van der Waals surface area contributed by atoms with E-state index in [2.05, 4.69) is 19.2 Å². The molecule has 2 aromatic rings. The Hall–Kier alpha value is -2.56. The summed E-state index contributed by atoms with van der Waals surface area (Å²) in [7, 11) is 0. The molecule has 0 aliphatic carbocycles. The lowest BCUT2D eigenvalue weighted by molar-refractivity contribution is -0.123. The second-order valence-corrected chi connectivity index (χ2v) is 5.98. The van der Waals surface area contributed by atoms with Crippen LogP contribution in [0.25, 0.3) is 0 Å². The van der Waals surface area contributed by atoms with E-state index in [1.54, 1.807) is 6.92 Å². The van der Waals surface area contributed by atoms with Crippen molar-refractivity contribution in [1.29, 1.82) is 0 Å². The van der Waals surface area contributed by atoms with Gasteiger partial charge in [0.05, 0.1) is 12.5 Å². The summed E-state index contributed by atoms with van der Waals surface area (Å²) >= 11 is 0. The Morgan fingerprint density at radius 1 is 1.25 bits per heavy atom. The summed E-state index contributed by atoms with van der Waals surface area (Å²) in [4.78, 5) is 23.7. The molecule has 1 heterocycles. The van der Waals surface area contributed by atoms with Gasteiger partial charge in [-0.2, -0.15) is 0 Å². The molecular formula is C19H23NO4. The molecule has 0 radical (unpaired) electrons. The lowest BCUT2D eigenvalue weighted by Crippen LogP contribution is -2.32. The molecule has 1 aromatic heterocycles. The van der Waals surface area contributed by atoms with Gasteiger partial charge in [0, 0.05) is 0 Å². The van der Waals surface area contributed by atoms with Gasteiger partial charge in [0.2, 0.25) is 5.91 Å². The van der Waals surface area contributed by atoms with Crippen molar-refractivity contribution in [2.45, 2.75) is 39.7 Å². The number of carbonyl (C=O) groups is 2. The van der Waals surface area contributed by atoms with Crippen molar-refractivity contribution in [2.75, 3.05) is 0 Å². The van der Waals surface area contributed by atoms with Crippen LogP contribution in [0.1, 0.15) is 53.6 Å². The molecule has 0 saturated heterocycles. The molecule has 2 rings (SSSR count). The van der Waals surface area contributed by atoms with Crippen LogP contribution in [-0.4, -0.2) is 17.0 Å². The molecule has 5 heteroatoms. The molecule has 24 heavy (non-hydrogen) atoms.